The lowest BCUT2D eigenvalue weighted by atomic mass is 10.1. The van der Waals surface area contributed by atoms with E-state index in [4.69, 9.17) is 4.74 Å². The highest BCUT2D eigenvalue weighted by atomic mass is 32.2. The molecule has 0 bridgehead atoms. The fraction of sp³-hybridized carbons (Fsp3) is 0.257. The lowest BCUT2D eigenvalue weighted by Crippen LogP contribution is -2.51. The predicted molar refractivity (Wildman–Crippen MR) is 173 cm³/mol. The molecule has 0 aliphatic heterocycles. The second-order valence-corrected chi connectivity index (χ2v) is 12.6. The Morgan fingerprint density at radius 1 is 0.795 bits per heavy atom. The number of nitrogens with zero attached hydrogens (tertiary/aromatic N) is 2. The molecule has 4 aromatic carbocycles. The molecule has 230 valence electrons. The lowest BCUT2D eigenvalue weighted by Gasteiger charge is -2.32. The monoisotopic (exact) mass is 613 g/mol. The van der Waals surface area contributed by atoms with Crippen molar-refractivity contribution in [2.45, 2.75) is 51.6 Å². The molecular formula is C35H39N3O5S. The highest BCUT2D eigenvalue weighted by Crippen LogP contribution is 2.29. The van der Waals surface area contributed by atoms with E-state index >= 15 is 0 Å². The molecule has 2 amide bonds. The molecule has 0 aliphatic rings. The van der Waals surface area contributed by atoms with Gasteiger partial charge in [0.05, 0.1) is 10.6 Å². The van der Waals surface area contributed by atoms with Crippen LogP contribution in [0.4, 0.5) is 5.69 Å². The Hall–Kier alpha value is -4.63. The van der Waals surface area contributed by atoms with Gasteiger partial charge in [0, 0.05) is 13.1 Å². The number of anilines is 1. The number of benzene rings is 4. The number of ether oxygens (including phenoxy) is 1. The van der Waals surface area contributed by atoms with Crippen molar-refractivity contribution >= 4 is 27.5 Å². The summed E-state index contributed by atoms with van der Waals surface area (Å²) in [6.45, 7) is 7.56. The van der Waals surface area contributed by atoms with E-state index in [9.17, 15) is 18.0 Å². The number of para-hydroxylation sites is 1. The van der Waals surface area contributed by atoms with Crippen molar-refractivity contribution in [1.82, 2.24) is 10.2 Å². The van der Waals surface area contributed by atoms with E-state index in [2.05, 4.69) is 5.32 Å². The first-order valence-corrected chi connectivity index (χ1v) is 16.1. The smallest absolute Gasteiger partial charge is 0.264 e. The van der Waals surface area contributed by atoms with Crippen molar-refractivity contribution in [3.05, 3.63) is 120 Å². The number of carbonyl (C=O) groups is 2. The first-order valence-electron chi connectivity index (χ1n) is 14.6. The van der Waals surface area contributed by atoms with Crippen molar-refractivity contribution in [2.75, 3.05) is 17.4 Å². The molecule has 0 saturated heterocycles. The van der Waals surface area contributed by atoms with Crippen LogP contribution in [0.2, 0.25) is 0 Å². The fourth-order valence-electron chi connectivity index (χ4n) is 4.54. The van der Waals surface area contributed by atoms with E-state index in [1.165, 1.54) is 17.0 Å². The number of rotatable bonds is 13. The summed E-state index contributed by atoms with van der Waals surface area (Å²) in [6.07, 6.45) is 0.747. The third-order valence-electron chi connectivity index (χ3n) is 7.18. The average molecular weight is 614 g/mol. The van der Waals surface area contributed by atoms with Crippen molar-refractivity contribution in [3.63, 3.8) is 0 Å². The molecule has 8 nitrogen and oxygen atoms in total. The zero-order valence-corrected chi connectivity index (χ0v) is 26.4. The Kier molecular flexibility index (Phi) is 10.8. The summed E-state index contributed by atoms with van der Waals surface area (Å²) in [5.41, 5.74) is 3.09. The number of carbonyl (C=O) groups excluding carboxylic acids is 2. The minimum Gasteiger partial charge on any atom is -0.457 e. The topological polar surface area (TPSA) is 96.0 Å². The van der Waals surface area contributed by atoms with Gasteiger partial charge in [0.15, 0.2) is 0 Å². The second kappa shape index (κ2) is 14.7. The number of hydrogen-bond donors (Lipinski definition) is 1. The minimum absolute atomic E-state index is 0.0549. The third-order valence-corrected chi connectivity index (χ3v) is 8.97. The highest BCUT2D eigenvalue weighted by molar-refractivity contribution is 7.92. The van der Waals surface area contributed by atoms with Gasteiger partial charge < -0.3 is 15.0 Å². The molecule has 1 unspecified atom stereocenters. The predicted octanol–water partition coefficient (Wildman–Crippen LogP) is 6.23. The van der Waals surface area contributed by atoms with Crippen LogP contribution in [0, 0.1) is 13.8 Å². The maximum absolute atomic E-state index is 14.1. The Bertz CT molecular complexity index is 1640. The molecule has 1 N–H and O–H groups in total. The molecule has 0 radical (unpaired) electrons. The number of nitrogens with one attached hydrogen (secondary N) is 1. The van der Waals surface area contributed by atoms with Gasteiger partial charge >= 0.3 is 0 Å². The molecule has 4 rings (SSSR count). The van der Waals surface area contributed by atoms with Gasteiger partial charge in [-0.1, -0.05) is 72.6 Å². The normalized spacial score (nSPS) is 11.8. The summed E-state index contributed by atoms with van der Waals surface area (Å²) >= 11 is 0. The van der Waals surface area contributed by atoms with Gasteiger partial charge in [-0.15, -0.1) is 0 Å². The molecule has 44 heavy (non-hydrogen) atoms. The number of hydrogen-bond acceptors (Lipinski definition) is 5. The van der Waals surface area contributed by atoms with Gasteiger partial charge in [-0.3, -0.25) is 13.9 Å². The van der Waals surface area contributed by atoms with Gasteiger partial charge in [-0.2, -0.15) is 0 Å². The molecule has 0 aliphatic carbocycles. The van der Waals surface area contributed by atoms with Crippen molar-refractivity contribution < 1.29 is 22.7 Å². The molecule has 9 heteroatoms. The van der Waals surface area contributed by atoms with E-state index in [1.807, 2.05) is 75.4 Å². The van der Waals surface area contributed by atoms with Crippen LogP contribution in [0.1, 0.15) is 37.0 Å². The van der Waals surface area contributed by atoms with Crippen LogP contribution in [0.5, 0.6) is 11.5 Å². The number of sulfonamides is 1. The number of amides is 2. The van der Waals surface area contributed by atoms with Crippen LogP contribution in [0.25, 0.3) is 0 Å². The zero-order valence-electron chi connectivity index (χ0n) is 25.6. The molecule has 0 spiro atoms. The summed E-state index contributed by atoms with van der Waals surface area (Å²) < 4.78 is 35.1. The van der Waals surface area contributed by atoms with E-state index in [-0.39, 0.29) is 23.0 Å². The maximum atomic E-state index is 14.1. The van der Waals surface area contributed by atoms with Crippen molar-refractivity contribution in [3.8, 4) is 11.5 Å². The van der Waals surface area contributed by atoms with E-state index in [1.54, 1.807) is 43.3 Å². The molecular weight excluding hydrogens is 574 g/mol. The Morgan fingerprint density at radius 3 is 1.95 bits per heavy atom. The SMILES string of the molecule is CCCNC(=O)C(C)N(Cc1ccc(C)cc1)C(=O)CN(c1ccc(Oc2ccccc2)cc1)S(=O)(=O)c1ccc(C)cc1. The summed E-state index contributed by atoms with van der Waals surface area (Å²) in [4.78, 5) is 28.6. The summed E-state index contributed by atoms with van der Waals surface area (Å²) in [7, 11) is -4.17. The van der Waals surface area contributed by atoms with Crippen molar-refractivity contribution in [1.29, 1.82) is 0 Å². The number of aryl methyl sites for hydroxylation is 2. The third kappa shape index (κ3) is 8.26. The van der Waals surface area contributed by atoms with Crippen LogP contribution in [0.15, 0.2) is 108 Å². The maximum Gasteiger partial charge on any atom is 0.264 e. The first kappa shape index (κ1) is 32.3. The molecule has 0 fully saturated rings. The standard InChI is InChI=1S/C35H39N3O5S/c1-5-23-36-35(40)28(4)37(24-29-15-11-26(2)12-16-29)34(39)25-38(44(41,42)33-21-13-27(3)14-22-33)30-17-19-32(20-18-30)43-31-9-7-6-8-10-31/h6-22,28H,5,23-25H2,1-4H3,(H,36,40). The highest BCUT2D eigenvalue weighted by Gasteiger charge is 2.32. The van der Waals surface area contributed by atoms with Gasteiger partial charge in [0.2, 0.25) is 11.8 Å². The Labute approximate surface area is 260 Å². The second-order valence-electron chi connectivity index (χ2n) is 10.7. The first-order chi connectivity index (χ1) is 21.1. The Balaban J connectivity index is 1.69. The van der Waals surface area contributed by atoms with Gasteiger partial charge in [0.25, 0.3) is 10.0 Å². The molecule has 0 heterocycles. The summed E-state index contributed by atoms with van der Waals surface area (Å²) in [6, 6.07) is 29.1. The largest absolute Gasteiger partial charge is 0.457 e. The zero-order chi connectivity index (χ0) is 31.7. The molecule has 0 aromatic heterocycles. The van der Waals surface area contributed by atoms with Crippen LogP contribution < -0.4 is 14.4 Å². The van der Waals surface area contributed by atoms with E-state index in [0.29, 0.717) is 18.0 Å². The molecule has 0 saturated carbocycles. The lowest BCUT2D eigenvalue weighted by molar-refractivity contribution is -0.139. The van der Waals surface area contributed by atoms with Gasteiger partial charge in [-0.25, -0.2) is 8.42 Å². The van der Waals surface area contributed by atoms with Crippen LogP contribution in [-0.4, -0.2) is 44.3 Å². The van der Waals surface area contributed by atoms with Crippen molar-refractivity contribution in [2.24, 2.45) is 0 Å². The minimum atomic E-state index is -4.17. The Morgan fingerprint density at radius 2 is 1.36 bits per heavy atom. The van der Waals surface area contributed by atoms with Crippen LogP contribution in [-0.2, 0) is 26.2 Å². The van der Waals surface area contributed by atoms with Crippen LogP contribution in [0.3, 0.4) is 0 Å². The van der Waals surface area contributed by atoms with E-state index in [0.717, 1.165) is 27.4 Å². The van der Waals surface area contributed by atoms with E-state index < -0.39 is 28.5 Å². The van der Waals surface area contributed by atoms with Gasteiger partial charge in [0.1, 0.15) is 24.1 Å². The summed E-state index contributed by atoms with van der Waals surface area (Å²) in [5.74, 6) is 0.343. The van der Waals surface area contributed by atoms with Crippen LogP contribution >= 0.6 is 0 Å². The quantitative estimate of drug-likeness (QED) is 0.193. The average Bonchev–Trinajstić information content (AvgIpc) is 3.03. The molecule has 4 aromatic rings. The fourth-order valence-corrected chi connectivity index (χ4v) is 5.95. The van der Waals surface area contributed by atoms with Gasteiger partial charge in [-0.05, 0) is 81.3 Å². The molecule has 1 atom stereocenters. The summed E-state index contributed by atoms with van der Waals surface area (Å²) in [5, 5.41) is 2.86.